The van der Waals surface area contributed by atoms with E-state index >= 15 is 0 Å². The van der Waals surface area contributed by atoms with Crippen LogP contribution in [0.25, 0.3) is 0 Å². The molecule has 2 N–H and O–H groups in total. The highest BCUT2D eigenvalue weighted by Gasteiger charge is 2.16. The maximum absolute atomic E-state index is 13.6. The fourth-order valence-corrected chi connectivity index (χ4v) is 2.12. The van der Waals surface area contributed by atoms with E-state index in [2.05, 4.69) is 10.6 Å². The SMILES string of the molecule is COc1cccc(NC(=O)CNC(=O)c2c(F)cccc2Cl)c1. The van der Waals surface area contributed by atoms with Gasteiger partial charge in [-0.2, -0.15) is 0 Å². The van der Waals surface area contributed by atoms with Crippen LogP contribution in [0.15, 0.2) is 42.5 Å². The summed E-state index contributed by atoms with van der Waals surface area (Å²) in [4.78, 5) is 23.7. The van der Waals surface area contributed by atoms with Crippen LogP contribution in [0.1, 0.15) is 10.4 Å². The second-order valence-electron chi connectivity index (χ2n) is 4.56. The van der Waals surface area contributed by atoms with Crippen LogP contribution in [-0.2, 0) is 4.79 Å². The van der Waals surface area contributed by atoms with E-state index in [4.69, 9.17) is 16.3 Å². The molecule has 2 rings (SSSR count). The molecule has 0 heterocycles. The third-order valence-electron chi connectivity index (χ3n) is 2.95. The van der Waals surface area contributed by atoms with E-state index < -0.39 is 17.6 Å². The molecule has 0 spiro atoms. The second kappa shape index (κ2) is 7.60. The molecular weight excluding hydrogens is 323 g/mol. The molecule has 0 atom stereocenters. The lowest BCUT2D eigenvalue weighted by atomic mass is 10.2. The summed E-state index contributed by atoms with van der Waals surface area (Å²) in [5, 5.41) is 4.90. The standard InChI is InChI=1S/C16H14ClFN2O3/c1-23-11-5-2-4-10(8-11)20-14(21)9-19-16(22)15-12(17)6-3-7-13(15)18/h2-8H,9H2,1H3,(H,19,22)(H,20,21). The summed E-state index contributed by atoms with van der Waals surface area (Å²) in [6.07, 6.45) is 0. The molecule has 5 nitrogen and oxygen atoms in total. The lowest BCUT2D eigenvalue weighted by molar-refractivity contribution is -0.115. The molecule has 2 aromatic rings. The van der Waals surface area contributed by atoms with E-state index in [1.165, 1.54) is 19.2 Å². The molecule has 0 aromatic heterocycles. The Balaban J connectivity index is 1.95. The van der Waals surface area contributed by atoms with Crippen LogP contribution >= 0.6 is 11.6 Å². The Bertz CT molecular complexity index is 717. The lowest BCUT2D eigenvalue weighted by Crippen LogP contribution is -2.33. The van der Waals surface area contributed by atoms with Crippen molar-refractivity contribution in [1.82, 2.24) is 5.32 Å². The van der Waals surface area contributed by atoms with Crippen molar-refractivity contribution in [1.29, 1.82) is 0 Å². The molecule has 0 fully saturated rings. The van der Waals surface area contributed by atoms with E-state index in [-0.39, 0.29) is 17.1 Å². The highest BCUT2D eigenvalue weighted by Crippen LogP contribution is 2.19. The molecule has 2 amide bonds. The number of hydrogen-bond acceptors (Lipinski definition) is 3. The highest BCUT2D eigenvalue weighted by atomic mass is 35.5. The minimum atomic E-state index is -0.756. The van der Waals surface area contributed by atoms with Gasteiger partial charge in [-0.15, -0.1) is 0 Å². The van der Waals surface area contributed by atoms with E-state index in [0.29, 0.717) is 11.4 Å². The molecule has 0 unspecified atom stereocenters. The minimum Gasteiger partial charge on any atom is -0.497 e. The van der Waals surface area contributed by atoms with Gasteiger partial charge in [0.15, 0.2) is 0 Å². The fraction of sp³-hybridized carbons (Fsp3) is 0.125. The average Bonchev–Trinajstić information content (AvgIpc) is 2.53. The topological polar surface area (TPSA) is 67.4 Å². The number of ether oxygens (including phenoxy) is 1. The number of rotatable bonds is 5. The van der Waals surface area contributed by atoms with Gasteiger partial charge in [-0.1, -0.05) is 23.7 Å². The van der Waals surface area contributed by atoms with E-state index in [9.17, 15) is 14.0 Å². The minimum absolute atomic E-state index is 0.0179. The van der Waals surface area contributed by atoms with Gasteiger partial charge in [0.25, 0.3) is 5.91 Å². The zero-order valence-electron chi connectivity index (χ0n) is 12.2. The fourth-order valence-electron chi connectivity index (χ4n) is 1.87. The maximum Gasteiger partial charge on any atom is 0.256 e. The summed E-state index contributed by atoms with van der Waals surface area (Å²) in [5.41, 5.74) is 0.232. The number of benzene rings is 2. The molecule has 0 aliphatic carbocycles. The van der Waals surface area contributed by atoms with Crippen LogP contribution in [0.4, 0.5) is 10.1 Å². The zero-order chi connectivity index (χ0) is 16.8. The van der Waals surface area contributed by atoms with Gasteiger partial charge in [0.2, 0.25) is 5.91 Å². The summed E-state index contributed by atoms with van der Waals surface area (Å²) in [5.74, 6) is -1.37. The predicted molar refractivity (Wildman–Crippen MR) is 85.4 cm³/mol. The predicted octanol–water partition coefficient (Wildman–Crippen LogP) is 2.86. The van der Waals surface area contributed by atoms with Gasteiger partial charge >= 0.3 is 0 Å². The number of nitrogens with one attached hydrogen (secondary N) is 2. The molecule has 0 saturated carbocycles. The molecule has 120 valence electrons. The monoisotopic (exact) mass is 336 g/mol. The summed E-state index contributed by atoms with van der Waals surface area (Å²) >= 11 is 5.79. The lowest BCUT2D eigenvalue weighted by Gasteiger charge is -2.09. The Kier molecular flexibility index (Phi) is 5.54. The number of hydrogen-bond donors (Lipinski definition) is 2. The van der Waals surface area contributed by atoms with Crippen molar-refractivity contribution >= 4 is 29.1 Å². The van der Waals surface area contributed by atoms with Crippen molar-refractivity contribution in [2.45, 2.75) is 0 Å². The normalized spacial score (nSPS) is 10.0. The third kappa shape index (κ3) is 4.43. The van der Waals surface area contributed by atoms with Gasteiger partial charge in [-0.3, -0.25) is 9.59 Å². The number of amides is 2. The van der Waals surface area contributed by atoms with Crippen LogP contribution in [0.5, 0.6) is 5.75 Å². The molecular formula is C16H14ClFN2O3. The van der Waals surface area contributed by atoms with Crippen molar-refractivity contribution in [2.24, 2.45) is 0 Å². The first-order valence-corrected chi connectivity index (χ1v) is 7.05. The van der Waals surface area contributed by atoms with Crippen LogP contribution < -0.4 is 15.4 Å². The van der Waals surface area contributed by atoms with Crippen molar-refractivity contribution in [3.8, 4) is 5.75 Å². The first-order chi connectivity index (χ1) is 11.0. The molecule has 0 saturated heterocycles. The zero-order valence-corrected chi connectivity index (χ0v) is 13.0. The molecule has 23 heavy (non-hydrogen) atoms. The first kappa shape index (κ1) is 16.8. The maximum atomic E-state index is 13.6. The number of halogens is 2. The molecule has 0 aliphatic heterocycles. The largest absolute Gasteiger partial charge is 0.497 e. The first-order valence-electron chi connectivity index (χ1n) is 6.67. The van der Waals surface area contributed by atoms with E-state index in [0.717, 1.165) is 6.07 Å². The Morgan fingerprint density at radius 2 is 1.96 bits per heavy atom. The van der Waals surface area contributed by atoms with Crippen molar-refractivity contribution in [2.75, 3.05) is 19.0 Å². The molecule has 0 bridgehead atoms. The molecule has 0 aliphatic rings. The van der Waals surface area contributed by atoms with Gasteiger partial charge in [-0.25, -0.2) is 4.39 Å². The third-order valence-corrected chi connectivity index (χ3v) is 3.27. The molecule has 7 heteroatoms. The molecule has 0 radical (unpaired) electrons. The van der Waals surface area contributed by atoms with Crippen molar-refractivity contribution in [3.05, 3.63) is 58.9 Å². The second-order valence-corrected chi connectivity index (χ2v) is 4.97. The highest BCUT2D eigenvalue weighted by molar-refractivity contribution is 6.33. The number of anilines is 1. The Morgan fingerprint density at radius 1 is 1.22 bits per heavy atom. The van der Waals surface area contributed by atoms with Crippen LogP contribution in [0.2, 0.25) is 5.02 Å². The Labute approximate surface area is 137 Å². The van der Waals surface area contributed by atoms with Gasteiger partial charge < -0.3 is 15.4 Å². The average molecular weight is 337 g/mol. The summed E-state index contributed by atoms with van der Waals surface area (Å²) in [6.45, 7) is -0.319. The van der Waals surface area contributed by atoms with Gasteiger partial charge in [-0.05, 0) is 24.3 Å². The Hall–Kier alpha value is -2.60. The van der Waals surface area contributed by atoms with E-state index in [1.54, 1.807) is 24.3 Å². The quantitative estimate of drug-likeness (QED) is 0.882. The van der Waals surface area contributed by atoms with Crippen LogP contribution in [0.3, 0.4) is 0 Å². The Morgan fingerprint density at radius 3 is 2.65 bits per heavy atom. The number of carbonyl (C=O) groups is 2. The molecule has 2 aromatic carbocycles. The van der Waals surface area contributed by atoms with E-state index in [1.807, 2.05) is 0 Å². The number of carbonyl (C=O) groups excluding carboxylic acids is 2. The van der Waals surface area contributed by atoms with Gasteiger partial charge in [0.05, 0.1) is 24.2 Å². The summed E-state index contributed by atoms with van der Waals surface area (Å²) in [7, 11) is 1.51. The van der Waals surface area contributed by atoms with Crippen LogP contribution in [0, 0.1) is 5.82 Å². The van der Waals surface area contributed by atoms with Gasteiger partial charge in [0.1, 0.15) is 11.6 Å². The van der Waals surface area contributed by atoms with Crippen molar-refractivity contribution < 1.29 is 18.7 Å². The van der Waals surface area contributed by atoms with Gasteiger partial charge in [0, 0.05) is 11.8 Å². The summed E-state index contributed by atoms with van der Waals surface area (Å²) in [6, 6.07) is 10.7. The summed E-state index contributed by atoms with van der Waals surface area (Å²) < 4.78 is 18.6. The number of methoxy groups -OCH3 is 1. The smallest absolute Gasteiger partial charge is 0.256 e. The van der Waals surface area contributed by atoms with Crippen LogP contribution in [-0.4, -0.2) is 25.5 Å². The van der Waals surface area contributed by atoms with Crippen molar-refractivity contribution in [3.63, 3.8) is 0 Å².